The number of ether oxygens (including phenoxy) is 1. The van der Waals surface area contributed by atoms with Gasteiger partial charge in [0.1, 0.15) is 5.75 Å². The zero-order valence-corrected chi connectivity index (χ0v) is 10.9. The molecule has 0 aliphatic rings. The Kier molecular flexibility index (Phi) is 6.03. The molecule has 0 bridgehead atoms. The fraction of sp³-hybridized carbons (Fsp3) is 0.333. The first kappa shape index (κ1) is 13.4. The molecule has 0 fully saturated rings. The van der Waals surface area contributed by atoms with E-state index in [1.165, 1.54) is 0 Å². The molecule has 1 aromatic carbocycles. The smallest absolute Gasteiger partial charge is 0.223 e. The van der Waals surface area contributed by atoms with Crippen molar-refractivity contribution in [3.05, 3.63) is 29.8 Å². The third kappa shape index (κ3) is 5.31. The van der Waals surface area contributed by atoms with E-state index < -0.39 is 0 Å². The number of hydrazine groups is 1. The number of hydrogen-bond donors (Lipinski definition) is 3. The van der Waals surface area contributed by atoms with Gasteiger partial charge in [-0.2, -0.15) is 0 Å². The molecule has 0 unspecified atom stereocenters. The topological polar surface area (TPSA) is 47.3 Å². The van der Waals surface area contributed by atoms with E-state index in [1.807, 2.05) is 30.5 Å². The quantitative estimate of drug-likeness (QED) is 0.392. The Balaban J connectivity index is 2.47. The molecule has 92 valence electrons. The van der Waals surface area contributed by atoms with E-state index >= 15 is 0 Å². The molecule has 5 heteroatoms. The molecular weight excluding hydrogens is 234 g/mol. The fourth-order valence-corrected chi connectivity index (χ4v) is 1.19. The van der Waals surface area contributed by atoms with Gasteiger partial charge in [-0.05, 0) is 42.9 Å². The second kappa shape index (κ2) is 7.62. The van der Waals surface area contributed by atoms with Gasteiger partial charge in [0.05, 0.1) is 6.61 Å². The fourth-order valence-electron chi connectivity index (χ4n) is 1.13. The Labute approximate surface area is 107 Å². The monoisotopic (exact) mass is 252 g/mol. The van der Waals surface area contributed by atoms with Crippen LogP contribution >= 0.6 is 12.2 Å². The number of nitrogens with one attached hydrogen (secondary N) is 3. The molecular formula is C12H18N3OS+. The van der Waals surface area contributed by atoms with Gasteiger partial charge in [-0.25, -0.2) is 0 Å². The van der Waals surface area contributed by atoms with Gasteiger partial charge in [0, 0.05) is 12.6 Å². The summed E-state index contributed by atoms with van der Waals surface area (Å²) in [4.78, 5) is 0. The lowest BCUT2D eigenvalue weighted by Gasteiger charge is -2.03. The van der Waals surface area contributed by atoms with Gasteiger partial charge < -0.3 is 10.1 Å². The third-order valence-electron chi connectivity index (χ3n) is 2.00. The molecule has 1 aromatic rings. The van der Waals surface area contributed by atoms with E-state index in [4.69, 9.17) is 17.0 Å². The predicted octanol–water partition coefficient (Wildman–Crippen LogP) is -0.0162. The summed E-state index contributed by atoms with van der Waals surface area (Å²) in [6.07, 6.45) is 2.84. The summed E-state index contributed by atoms with van der Waals surface area (Å²) in [5.41, 5.74) is 3.86. The number of hydrazone groups is 1. The van der Waals surface area contributed by atoms with Crippen molar-refractivity contribution in [1.29, 1.82) is 0 Å². The van der Waals surface area contributed by atoms with Gasteiger partial charge in [-0.1, -0.05) is 6.92 Å². The van der Waals surface area contributed by atoms with Gasteiger partial charge in [-0.3, -0.25) is 0 Å². The summed E-state index contributed by atoms with van der Waals surface area (Å²) in [7, 11) is 1.76. The van der Waals surface area contributed by atoms with E-state index in [0.29, 0.717) is 5.11 Å². The molecule has 17 heavy (non-hydrogen) atoms. The van der Waals surface area contributed by atoms with Gasteiger partial charge in [0.25, 0.3) is 0 Å². The first-order valence-electron chi connectivity index (χ1n) is 5.55. The van der Waals surface area contributed by atoms with Crippen LogP contribution in [0.1, 0.15) is 18.9 Å². The number of rotatable bonds is 5. The molecule has 0 aliphatic heterocycles. The average Bonchev–Trinajstić information content (AvgIpc) is 2.37. The zero-order valence-electron chi connectivity index (χ0n) is 10.1. The van der Waals surface area contributed by atoms with Crippen molar-refractivity contribution in [2.75, 3.05) is 13.7 Å². The summed E-state index contributed by atoms with van der Waals surface area (Å²) in [5.74, 6) is 0.891. The minimum absolute atomic E-state index is 0.546. The highest BCUT2D eigenvalue weighted by Gasteiger charge is 1.95. The van der Waals surface area contributed by atoms with Crippen LogP contribution < -0.4 is 20.6 Å². The highest BCUT2D eigenvalue weighted by Crippen LogP contribution is 2.10. The molecule has 0 atom stereocenters. The lowest BCUT2D eigenvalue weighted by Crippen LogP contribution is -2.82. The Morgan fingerprint density at radius 2 is 2.12 bits per heavy atom. The van der Waals surface area contributed by atoms with Crippen molar-refractivity contribution < 1.29 is 9.84 Å². The van der Waals surface area contributed by atoms with Crippen LogP contribution in [0.25, 0.3) is 0 Å². The van der Waals surface area contributed by atoms with Crippen LogP contribution in [-0.2, 0) is 0 Å². The van der Waals surface area contributed by atoms with Gasteiger partial charge in [0.2, 0.25) is 5.11 Å². The van der Waals surface area contributed by atoms with Crippen LogP contribution in [0, 0.1) is 0 Å². The molecule has 0 aromatic heterocycles. The molecule has 0 saturated carbocycles. The number of benzene rings is 1. The predicted molar refractivity (Wildman–Crippen MR) is 73.2 cm³/mol. The summed E-state index contributed by atoms with van der Waals surface area (Å²) in [6, 6.07) is 7.84. The highest BCUT2D eigenvalue weighted by molar-refractivity contribution is 7.80. The molecule has 0 aliphatic carbocycles. The summed E-state index contributed by atoms with van der Waals surface area (Å²) in [6.45, 7) is 2.84. The lowest BCUT2D eigenvalue weighted by atomic mass is 10.2. The second-order valence-corrected chi connectivity index (χ2v) is 3.82. The van der Waals surface area contributed by atoms with Gasteiger partial charge in [0.15, 0.2) is 6.21 Å². The minimum Gasteiger partial charge on any atom is -0.494 e. The molecule has 0 saturated heterocycles. The maximum Gasteiger partial charge on any atom is 0.223 e. The van der Waals surface area contributed by atoms with E-state index in [2.05, 4.69) is 22.8 Å². The van der Waals surface area contributed by atoms with Gasteiger partial charge >= 0.3 is 0 Å². The van der Waals surface area contributed by atoms with Crippen molar-refractivity contribution in [2.24, 2.45) is 0 Å². The maximum absolute atomic E-state index is 5.49. The van der Waals surface area contributed by atoms with Crippen molar-refractivity contribution >= 4 is 23.5 Å². The average molecular weight is 252 g/mol. The molecule has 3 N–H and O–H groups in total. The largest absolute Gasteiger partial charge is 0.494 e. The Bertz CT molecular complexity index is 376. The Morgan fingerprint density at radius 3 is 2.71 bits per heavy atom. The van der Waals surface area contributed by atoms with E-state index in [-0.39, 0.29) is 0 Å². The SMILES string of the molecule is CCCOc1ccc(C=[NH+]NC(=S)NC)cc1. The van der Waals surface area contributed by atoms with Crippen LogP contribution in [0.2, 0.25) is 0 Å². The highest BCUT2D eigenvalue weighted by atomic mass is 32.1. The van der Waals surface area contributed by atoms with Crippen LogP contribution in [0.4, 0.5) is 0 Å². The Morgan fingerprint density at radius 1 is 1.41 bits per heavy atom. The first-order chi connectivity index (χ1) is 8.26. The number of thiocarbonyl (C=S) groups is 1. The molecule has 4 nitrogen and oxygen atoms in total. The summed E-state index contributed by atoms with van der Waals surface area (Å²) in [5, 5.41) is 6.24. The van der Waals surface area contributed by atoms with Crippen molar-refractivity contribution in [1.82, 2.24) is 10.7 Å². The maximum atomic E-state index is 5.49. The summed E-state index contributed by atoms with van der Waals surface area (Å²) >= 11 is 4.91. The second-order valence-electron chi connectivity index (χ2n) is 3.41. The van der Waals surface area contributed by atoms with Crippen LogP contribution in [-0.4, -0.2) is 25.0 Å². The summed E-state index contributed by atoms with van der Waals surface area (Å²) < 4.78 is 5.49. The first-order valence-corrected chi connectivity index (χ1v) is 5.96. The minimum atomic E-state index is 0.546. The van der Waals surface area contributed by atoms with E-state index in [1.54, 1.807) is 7.05 Å². The van der Waals surface area contributed by atoms with Crippen molar-refractivity contribution in [2.45, 2.75) is 13.3 Å². The Hall–Kier alpha value is -1.62. The molecule has 0 amide bonds. The van der Waals surface area contributed by atoms with Crippen molar-refractivity contribution in [3.63, 3.8) is 0 Å². The number of hydrogen-bond acceptors (Lipinski definition) is 2. The molecule has 0 heterocycles. The standard InChI is InChI=1S/C12H17N3OS/c1-3-8-16-11-6-4-10(5-7-11)9-14-15-12(17)13-2/h4-7,9H,3,8H2,1-2H3,(H2,13,15,17)/p+1. The van der Waals surface area contributed by atoms with E-state index in [0.717, 1.165) is 24.3 Å². The molecule has 0 radical (unpaired) electrons. The van der Waals surface area contributed by atoms with Crippen LogP contribution in [0.15, 0.2) is 24.3 Å². The molecule has 0 spiro atoms. The van der Waals surface area contributed by atoms with Crippen molar-refractivity contribution in [3.8, 4) is 5.75 Å². The normalized spacial score (nSPS) is 10.2. The van der Waals surface area contributed by atoms with Gasteiger partial charge in [-0.15, -0.1) is 10.5 Å². The lowest BCUT2D eigenvalue weighted by molar-refractivity contribution is -0.500. The van der Waals surface area contributed by atoms with E-state index in [9.17, 15) is 0 Å². The van der Waals surface area contributed by atoms with Crippen LogP contribution in [0.3, 0.4) is 0 Å². The molecule has 1 rings (SSSR count). The van der Waals surface area contributed by atoms with Crippen LogP contribution in [0.5, 0.6) is 5.75 Å². The third-order valence-corrected chi connectivity index (χ3v) is 2.31. The zero-order chi connectivity index (χ0) is 12.5.